The molecule has 2 N–H and O–H groups in total. The summed E-state index contributed by atoms with van der Waals surface area (Å²) in [6, 6.07) is 4.06. The summed E-state index contributed by atoms with van der Waals surface area (Å²) in [6.45, 7) is 14.1. The highest BCUT2D eigenvalue weighted by Gasteiger charge is 2.05. The number of fused-ring (bicyclic) bond motifs is 1. The van der Waals surface area contributed by atoms with E-state index in [9.17, 15) is 0 Å². The van der Waals surface area contributed by atoms with Crippen molar-refractivity contribution in [2.24, 2.45) is 5.73 Å². The number of aromatic nitrogens is 2. The largest absolute Gasteiger partial charge is 0.401 e. The number of pyridine rings is 1. The van der Waals surface area contributed by atoms with Crippen LogP contribution in [0.3, 0.4) is 0 Å². The summed E-state index contributed by atoms with van der Waals surface area (Å²) < 4.78 is 1.98. The summed E-state index contributed by atoms with van der Waals surface area (Å²) in [5.41, 5.74) is 9.10. The van der Waals surface area contributed by atoms with Gasteiger partial charge in [0.15, 0.2) is 0 Å². The molecule has 0 bridgehead atoms. The molecular formula is C23H35ClN4. The molecule has 1 aliphatic rings. The fourth-order valence-electron chi connectivity index (χ4n) is 2.86. The zero-order chi connectivity index (χ0) is 21.1. The van der Waals surface area contributed by atoms with Gasteiger partial charge in [0.25, 0.3) is 0 Å². The number of nitrogens with zero attached hydrogens (tertiary/aromatic N) is 3. The Morgan fingerprint density at radius 3 is 2.36 bits per heavy atom. The van der Waals surface area contributed by atoms with Crippen molar-refractivity contribution >= 4 is 34.4 Å². The van der Waals surface area contributed by atoms with Gasteiger partial charge in [-0.2, -0.15) is 0 Å². The van der Waals surface area contributed by atoms with Crippen LogP contribution >= 0.6 is 11.6 Å². The highest BCUT2D eigenvalue weighted by atomic mass is 35.5. The van der Waals surface area contributed by atoms with E-state index < -0.39 is 0 Å². The number of likely N-dealkylation sites (tertiary alicyclic amines) is 1. The molecule has 4 nitrogen and oxygen atoms in total. The van der Waals surface area contributed by atoms with Gasteiger partial charge in [0.1, 0.15) is 5.65 Å². The van der Waals surface area contributed by atoms with E-state index in [0.29, 0.717) is 10.7 Å². The zero-order valence-corrected chi connectivity index (χ0v) is 18.8. The van der Waals surface area contributed by atoms with Crippen LogP contribution in [0.1, 0.15) is 52.5 Å². The molecule has 0 spiro atoms. The van der Waals surface area contributed by atoms with Crippen LogP contribution in [0.25, 0.3) is 22.8 Å². The van der Waals surface area contributed by atoms with Crippen molar-refractivity contribution in [3.05, 3.63) is 53.5 Å². The lowest BCUT2D eigenvalue weighted by atomic mass is 10.1. The molecule has 2 aromatic heterocycles. The van der Waals surface area contributed by atoms with Gasteiger partial charge in [-0.3, -0.25) is 0 Å². The van der Waals surface area contributed by atoms with Gasteiger partial charge in [0.2, 0.25) is 0 Å². The quantitative estimate of drug-likeness (QED) is 0.631. The molecule has 1 fully saturated rings. The Morgan fingerprint density at radius 2 is 1.86 bits per heavy atom. The summed E-state index contributed by atoms with van der Waals surface area (Å²) in [6.07, 6.45) is 11.7. The minimum atomic E-state index is 0.544. The highest BCUT2D eigenvalue weighted by Crippen LogP contribution is 2.21. The highest BCUT2D eigenvalue weighted by molar-refractivity contribution is 6.31. The maximum atomic E-state index is 6.06. The Morgan fingerprint density at radius 1 is 1.21 bits per heavy atom. The standard InChI is InChI=1S/C15H16ClN3.C6H13N.C2H6/c1-4-12-8-13-5-6-19(15(13)18-9-12)10(2)7-14(16)11(3)17;1-7-5-3-2-4-6-7;1-2/h4-9H,1,17H2,2-3H3;2-6H2,1H3;1-2H3/b10-7+,14-11-;;. The maximum absolute atomic E-state index is 6.06. The Labute approximate surface area is 175 Å². The Bertz CT molecular complexity index is 807. The van der Waals surface area contributed by atoms with Crippen molar-refractivity contribution in [3.63, 3.8) is 0 Å². The Kier molecular flexibility index (Phi) is 10.6. The van der Waals surface area contributed by atoms with Crippen molar-refractivity contribution in [1.29, 1.82) is 0 Å². The van der Waals surface area contributed by atoms with Crippen LogP contribution in [0.2, 0.25) is 0 Å². The molecule has 0 aliphatic carbocycles. The molecule has 1 aliphatic heterocycles. The third-order valence-corrected chi connectivity index (χ3v) is 4.86. The van der Waals surface area contributed by atoms with Gasteiger partial charge in [-0.25, -0.2) is 4.98 Å². The molecule has 1 saturated heterocycles. The summed E-state index contributed by atoms with van der Waals surface area (Å²) in [5.74, 6) is 0. The minimum Gasteiger partial charge on any atom is -0.401 e. The number of allylic oxidation sites excluding steroid dienone is 4. The van der Waals surface area contributed by atoms with Crippen molar-refractivity contribution in [3.8, 4) is 0 Å². The average molecular weight is 403 g/mol. The third-order valence-electron chi connectivity index (χ3n) is 4.46. The van der Waals surface area contributed by atoms with E-state index in [1.807, 2.05) is 49.7 Å². The van der Waals surface area contributed by atoms with Crippen LogP contribution in [0, 0.1) is 0 Å². The molecule has 0 amide bonds. The van der Waals surface area contributed by atoms with Crippen molar-refractivity contribution < 1.29 is 0 Å². The third kappa shape index (κ3) is 7.17. The van der Waals surface area contributed by atoms with E-state index in [-0.39, 0.29) is 0 Å². The number of nitrogens with two attached hydrogens (primary N) is 1. The van der Waals surface area contributed by atoms with Gasteiger partial charge >= 0.3 is 0 Å². The Balaban J connectivity index is 0.000000363. The summed E-state index contributed by atoms with van der Waals surface area (Å²) in [7, 11) is 2.19. The molecule has 0 saturated carbocycles. The van der Waals surface area contributed by atoms with Gasteiger partial charge in [0.05, 0.1) is 5.03 Å². The first-order chi connectivity index (χ1) is 13.4. The first kappa shape index (κ1) is 24.0. The molecule has 5 heteroatoms. The van der Waals surface area contributed by atoms with Gasteiger partial charge in [-0.15, -0.1) is 0 Å². The zero-order valence-electron chi connectivity index (χ0n) is 18.0. The number of piperidine rings is 1. The number of hydrogen-bond acceptors (Lipinski definition) is 3. The van der Waals surface area contributed by atoms with Crippen LogP contribution in [0.15, 0.2) is 47.9 Å². The normalized spacial score (nSPS) is 15.7. The number of halogens is 1. The Hall–Kier alpha value is -2.04. The molecule has 0 atom stereocenters. The summed E-state index contributed by atoms with van der Waals surface area (Å²) in [5, 5.41) is 1.61. The average Bonchev–Trinajstić information content (AvgIpc) is 3.13. The predicted molar refractivity (Wildman–Crippen MR) is 125 cm³/mol. The number of rotatable bonds is 3. The van der Waals surface area contributed by atoms with Crippen molar-refractivity contribution in [2.45, 2.75) is 47.0 Å². The first-order valence-electron chi connectivity index (χ1n) is 10.0. The molecule has 154 valence electrons. The second kappa shape index (κ2) is 12.4. The van der Waals surface area contributed by atoms with E-state index >= 15 is 0 Å². The van der Waals surface area contributed by atoms with E-state index in [4.69, 9.17) is 17.3 Å². The lowest BCUT2D eigenvalue weighted by Crippen LogP contribution is -2.24. The summed E-state index contributed by atoms with van der Waals surface area (Å²) in [4.78, 5) is 6.84. The van der Waals surface area contributed by atoms with Gasteiger partial charge < -0.3 is 15.2 Å². The maximum Gasteiger partial charge on any atom is 0.144 e. The van der Waals surface area contributed by atoms with E-state index in [2.05, 4.69) is 23.5 Å². The topological polar surface area (TPSA) is 47.1 Å². The van der Waals surface area contributed by atoms with Gasteiger partial charge in [0, 0.05) is 29.2 Å². The van der Waals surface area contributed by atoms with Crippen LogP contribution in [-0.2, 0) is 0 Å². The van der Waals surface area contributed by atoms with E-state index in [1.165, 1.54) is 32.4 Å². The van der Waals surface area contributed by atoms with Crippen LogP contribution in [-0.4, -0.2) is 34.6 Å². The predicted octanol–water partition coefficient (Wildman–Crippen LogP) is 6.10. The molecular weight excluding hydrogens is 368 g/mol. The smallest absolute Gasteiger partial charge is 0.144 e. The minimum absolute atomic E-state index is 0.544. The van der Waals surface area contributed by atoms with E-state index in [0.717, 1.165) is 22.3 Å². The lowest BCUT2D eigenvalue weighted by molar-refractivity contribution is 0.277. The monoisotopic (exact) mass is 402 g/mol. The lowest BCUT2D eigenvalue weighted by Gasteiger charge is -2.20. The molecule has 0 unspecified atom stereocenters. The van der Waals surface area contributed by atoms with Crippen LogP contribution in [0.4, 0.5) is 0 Å². The van der Waals surface area contributed by atoms with Crippen LogP contribution < -0.4 is 5.73 Å². The van der Waals surface area contributed by atoms with E-state index in [1.54, 1.807) is 19.2 Å². The second-order valence-electron chi connectivity index (χ2n) is 6.75. The van der Waals surface area contributed by atoms with Gasteiger partial charge in [-0.05, 0) is 70.6 Å². The molecule has 3 heterocycles. The van der Waals surface area contributed by atoms with Crippen LogP contribution in [0.5, 0.6) is 0 Å². The summed E-state index contributed by atoms with van der Waals surface area (Å²) >= 11 is 6.06. The fourth-order valence-corrected chi connectivity index (χ4v) is 3.01. The first-order valence-corrected chi connectivity index (χ1v) is 10.4. The van der Waals surface area contributed by atoms with Crippen molar-refractivity contribution in [2.75, 3.05) is 20.1 Å². The molecule has 3 rings (SSSR count). The molecule has 0 radical (unpaired) electrons. The molecule has 28 heavy (non-hydrogen) atoms. The van der Waals surface area contributed by atoms with Gasteiger partial charge in [-0.1, -0.05) is 44.5 Å². The van der Waals surface area contributed by atoms with Crippen molar-refractivity contribution in [1.82, 2.24) is 14.5 Å². The second-order valence-corrected chi connectivity index (χ2v) is 7.16. The molecule has 0 aromatic carbocycles. The molecule has 2 aromatic rings. The number of hydrogen-bond donors (Lipinski definition) is 1. The fraction of sp³-hybridized carbons (Fsp3) is 0.435. The SMILES string of the molecule is C=Cc1cnc2c(ccn2/C(C)=C/C(Cl)=C(\C)N)c1.CC.CN1CCCCC1.